The first-order chi connectivity index (χ1) is 12.0. The predicted octanol–water partition coefficient (Wildman–Crippen LogP) is 2.21. The van der Waals surface area contributed by atoms with Crippen LogP contribution in [-0.2, 0) is 9.59 Å². The maximum absolute atomic E-state index is 12.5. The van der Waals surface area contributed by atoms with E-state index >= 15 is 0 Å². The van der Waals surface area contributed by atoms with E-state index in [-0.39, 0.29) is 18.2 Å². The van der Waals surface area contributed by atoms with Crippen LogP contribution >= 0.6 is 11.6 Å². The zero-order chi connectivity index (χ0) is 18.0. The summed E-state index contributed by atoms with van der Waals surface area (Å²) >= 11 is 5.82. The van der Waals surface area contributed by atoms with Crippen LogP contribution < -0.4 is 15.8 Å². The van der Waals surface area contributed by atoms with Crippen molar-refractivity contribution in [2.45, 2.75) is 19.4 Å². The molecule has 0 aromatic heterocycles. The number of nitrogens with zero attached hydrogens (tertiary/aromatic N) is 1. The number of nitrogens with one attached hydrogen (secondary N) is 2. The Labute approximate surface area is 149 Å². The third kappa shape index (κ3) is 3.70. The van der Waals surface area contributed by atoms with Crippen LogP contribution in [0.5, 0.6) is 0 Å². The van der Waals surface area contributed by atoms with Crippen LogP contribution in [0.15, 0.2) is 48.5 Å². The molecule has 2 aromatic carbocycles. The lowest BCUT2D eigenvalue weighted by Gasteiger charge is -2.16. The van der Waals surface area contributed by atoms with Gasteiger partial charge in [0.2, 0.25) is 5.91 Å². The summed E-state index contributed by atoms with van der Waals surface area (Å²) < 4.78 is 0. The standard InChI is InChI=1S/C18H16ClN3O3/c1-11-2-4-12(5-3-11)17(24)21-20-15-10-16(23)22(18(15)25)14-8-6-13(19)7-9-14/h2-9,15,20H,10H2,1H3,(H,21,24)/t15-/m1/s1. The Balaban J connectivity index is 1.65. The molecule has 6 nitrogen and oxygen atoms in total. The van der Waals surface area contributed by atoms with Crippen molar-refractivity contribution >= 4 is 35.0 Å². The zero-order valence-electron chi connectivity index (χ0n) is 13.5. The van der Waals surface area contributed by atoms with E-state index in [1.54, 1.807) is 36.4 Å². The Hall–Kier alpha value is -2.70. The fraction of sp³-hybridized carbons (Fsp3) is 0.167. The van der Waals surface area contributed by atoms with Crippen LogP contribution in [-0.4, -0.2) is 23.8 Å². The second-order valence-electron chi connectivity index (χ2n) is 5.77. The Morgan fingerprint density at radius 1 is 1.08 bits per heavy atom. The van der Waals surface area contributed by atoms with Crippen LogP contribution in [0.4, 0.5) is 5.69 Å². The van der Waals surface area contributed by atoms with Gasteiger partial charge in [0.05, 0.1) is 12.1 Å². The van der Waals surface area contributed by atoms with Crippen molar-refractivity contribution in [2.24, 2.45) is 0 Å². The number of benzene rings is 2. The van der Waals surface area contributed by atoms with Crippen molar-refractivity contribution in [1.29, 1.82) is 0 Å². The number of hydrogen-bond acceptors (Lipinski definition) is 4. The van der Waals surface area contributed by atoms with Gasteiger partial charge in [-0.25, -0.2) is 10.3 Å². The average molecular weight is 358 g/mol. The maximum Gasteiger partial charge on any atom is 0.265 e. The summed E-state index contributed by atoms with van der Waals surface area (Å²) in [5.74, 6) is -1.13. The highest BCUT2D eigenvalue weighted by atomic mass is 35.5. The third-order valence-electron chi connectivity index (χ3n) is 3.91. The summed E-state index contributed by atoms with van der Waals surface area (Å²) in [5.41, 5.74) is 7.09. The number of carbonyl (C=O) groups excluding carboxylic acids is 3. The molecule has 25 heavy (non-hydrogen) atoms. The monoisotopic (exact) mass is 357 g/mol. The van der Waals surface area contributed by atoms with Gasteiger partial charge in [-0.1, -0.05) is 29.3 Å². The summed E-state index contributed by atoms with van der Waals surface area (Å²) in [5, 5.41) is 0.517. The average Bonchev–Trinajstić information content (AvgIpc) is 2.88. The highest BCUT2D eigenvalue weighted by Gasteiger charge is 2.39. The van der Waals surface area contributed by atoms with E-state index < -0.39 is 11.9 Å². The molecule has 2 aromatic rings. The topological polar surface area (TPSA) is 78.5 Å². The van der Waals surface area contributed by atoms with Crippen LogP contribution in [0.3, 0.4) is 0 Å². The van der Waals surface area contributed by atoms with Gasteiger partial charge in [0, 0.05) is 10.6 Å². The molecular formula is C18H16ClN3O3. The largest absolute Gasteiger partial charge is 0.287 e. The number of carbonyl (C=O) groups is 3. The summed E-state index contributed by atoms with van der Waals surface area (Å²) in [6.45, 7) is 1.92. The van der Waals surface area contributed by atoms with Crippen molar-refractivity contribution in [1.82, 2.24) is 10.9 Å². The highest BCUT2D eigenvalue weighted by molar-refractivity contribution is 6.30. The number of anilines is 1. The Morgan fingerprint density at radius 2 is 1.72 bits per heavy atom. The van der Waals surface area contributed by atoms with Crippen LogP contribution in [0, 0.1) is 6.92 Å². The molecule has 1 fully saturated rings. The van der Waals surface area contributed by atoms with Gasteiger partial charge in [-0.3, -0.25) is 19.8 Å². The number of rotatable bonds is 4. The van der Waals surface area contributed by atoms with Crippen molar-refractivity contribution in [3.8, 4) is 0 Å². The number of amides is 3. The van der Waals surface area contributed by atoms with Crippen molar-refractivity contribution < 1.29 is 14.4 Å². The van der Waals surface area contributed by atoms with Crippen molar-refractivity contribution in [3.63, 3.8) is 0 Å². The number of halogens is 1. The molecular weight excluding hydrogens is 342 g/mol. The third-order valence-corrected chi connectivity index (χ3v) is 4.16. The van der Waals surface area contributed by atoms with Gasteiger partial charge in [0.25, 0.3) is 11.8 Å². The van der Waals surface area contributed by atoms with E-state index in [9.17, 15) is 14.4 Å². The molecule has 0 aliphatic carbocycles. The van der Waals surface area contributed by atoms with Crippen LogP contribution in [0.1, 0.15) is 22.3 Å². The number of hydrogen-bond donors (Lipinski definition) is 2. The van der Waals surface area contributed by atoms with Crippen molar-refractivity contribution in [2.75, 3.05) is 4.90 Å². The number of hydrazine groups is 1. The molecule has 0 unspecified atom stereocenters. The maximum atomic E-state index is 12.5. The molecule has 3 amide bonds. The van der Waals surface area contributed by atoms with Gasteiger partial charge in [0.1, 0.15) is 6.04 Å². The molecule has 0 spiro atoms. The van der Waals surface area contributed by atoms with E-state index in [0.29, 0.717) is 16.3 Å². The molecule has 1 aliphatic rings. The first-order valence-electron chi connectivity index (χ1n) is 7.70. The van der Waals surface area contributed by atoms with E-state index in [1.807, 2.05) is 19.1 Å². The molecule has 0 radical (unpaired) electrons. The van der Waals surface area contributed by atoms with Crippen molar-refractivity contribution in [3.05, 3.63) is 64.7 Å². The fourth-order valence-corrected chi connectivity index (χ4v) is 2.66. The fourth-order valence-electron chi connectivity index (χ4n) is 2.54. The van der Waals surface area contributed by atoms with Gasteiger partial charge in [-0.2, -0.15) is 0 Å². The van der Waals surface area contributed by atoms with E-state index in [1.165, 1.54) is 0 Å². The van der Waals surface area contributed by atoms with E-state index in [2.05, 4.69) is 10.9 Å². The predicted molar refractivity (Wildman–Crippen MR) is 94.1 cm³/mol. The highest BCUT2D eigenvalue weighted by Crippen LogP contribution is 2.24. The second-order valence-corrected chi connectivity index (χ2v) is 6.20. The minimum absolute atomic E-state index is 0.0321. The number of aryl methyl sites for hydroxylation is 1. The van der Waals surface area contributed by atoms with Gasteiger partial charge >= 0.3 is 0 Å². The summed E-state index contributed by atoms with van der Waals surface area (Å²) in [6.07, 6.45) is -0.0321. The van der Waals surface area contributed by atoms with Gasteiger partial charge < -0.3 is 0 Å². The zero-order valence-corrected chi connectivity index (χ0v) is 14.2. The Bertz CT molecular complexity index is 818. The van der Waals surface area contributed by atoms with Gasteiger partial charge in [0.15, 0.2) is 0 Å². The first kappa shape index (κ1) is 17.1. The minimum Gasteiger partial charge on any atom is -0.287 e. The molecule has 0 bridgehead atoms. The van der Waals surface area contributed by atoms with Gasteiger partial charge in [-0.05, 0) is 43.3 Å². The smallest absolute Gasteiger partial charge is 0.265 e. The molecule has 128 valence electrons. The summed E-state index contributed by atoms with van der Waals surface area (Å²) in [6, 6.07) is 12.6. The molecule has 3 rings (SSSR count). The summed E-state index contributed by atoms with van der Waals surface area (Å²) in [7, 11) is 0. The summed E-state index contributed by atoms with van der Waals surface area (Å²) in [4.78, 5) is 37.8. The van der Waals surface area contributed by atoms with Crippen LogP contribution in [0.2, 0.25) is 5.02 Å². The molecule has 0 saturated carbocycles. The Morgan fingerprint density at radius 3 is 2.36 bits per heavy atom. The molecule has 2 N–H and O–H groups in total. The van der Waals surface area contributed by atoms with Gasteiger partial charge in [-0.15, -0.1) is 0 Å². The molecule has 1 aliphatic heterocycles. The Kier molecular flexibility index (Phi) is 4.83. The normalized spacial score (nSPS) is 17.0. The lowest BCUT2D eigenvalue weighted by atomic mass is 10.1. The molecule has 1 saturated heterocycles. The van der Waals surface area contributed by atoms with E-state index in [4.69, 9.17) is 11.6 Å². The lowest BCUT2D eigenvalue weighted by molar-refractivity contribution is -0.121. The lowest BCUT2D eigenvalue weighted by Crippen LogP contribution is -2.48. The minimum atomic E-state index is -0.808. The second kappa shape index (κ2) is 7.04. The SMILES string of the molecule is Cc1ccc(C(=O)NN[C@@H]2CC(=O)N(c3ccc(Cl)cc3)C2=O)cc1. The molecule has 1 heterocycles. The molecule has 1 atom stereocenters. The quantitative estimate of drug-likeness (QED) is 0.649. The van der Waals surface area contributed by atoms with E-state index in [0.717, 1.165) is 10.5 Å². The van der Waals surface area contributed by atoms with Crippen LogP contribution in [0.25, 0.3) is 0 Å². The molecule has 7 heteroatoms. The number of imide groups is 1. The first-order valence-corrected chi connectivity index (χ1v) is 8.08.